The highest BCUT2D eigenvalue weighted by atomic mass is 16.2. The maximum Gasteiger partial charge on any atom is 0.332 e. The normalized spacial score (nSPS) is 11.5. The number of aromatic nitrogens is 6. The van der Waals surface area contributed by atoms with E-state index in [1.807, 2.05) is 20.0 Å². The van der Waals surface area contributed by atoms with Crippen molar-refractivity contribution in [2.45, 2.75) is 6.92 Å². The molecule has 8 nitrogen and oxygen atoms in total. The number of rotatable bonds is 1. The summed E-state index contributed by atoms with van der Waals surface area (Å²) in [4.78, 5) is 28.7. The molecule has 3 rings (SSSR count). The third kappa shape index (κ3) is 1.68. The van der Waals surface area contributed by atoms with Crippen molar-refractivity contribution in [3.8, 4) is 11.5 Å². The van der Waals surface area contributed by atoms with Crippen LogP contribution in [0.2, 0.25) is 0 Å². The van der Waals surface area contributed by atoms with Gasteiger partial charge in [-0.15, -0.1) is 0 Å². The number of nitrogens with zero attached hydrogens (tertiary/aromatic N) is 6. The Hall–Kier alpha value is -2.64. The number of hydrogen-bond acceptors (Lipinski definition) is 4. The van der Waals surface area contributed by atoms with E-state index in [0.717, 1.165) is 16.0 Å². The van der Waals surface area contributed by atoms with Crippen LogP contribution in [0.5, 0.6) is 0 Å². The van der Waals surface area contributed by atoms with Crippen LogP contribution in [0.15, 0.2) is 15.7 Å². The Kier molecular flexibility index (Phi) is 2.65. The maximum absolute atomic E-state index is 12.2. The monoisotopic (exact) mass is 288 g/mol. The predicted molar refractivity (Wildman–Crippen MR) is 78.1 cm³/mol. The Morgan fingerprint density at radius 1 is 1.00 bits per heavy atom. The van der Waals surface area contributed by atoms with Crippen LogP contribution in [0.4, 0.5) is 0 Å². The van der Waals surface area contributed by atoms with Gasteiger partial charge in [-0.3, -0.25) is 18.6 Å². The first-order valence-corrected chi connectivity index (χ1v) is 6.46. The van der Waals surface area contributed by atoms with E-state index in [0.29, 0.717) is 11.5 Å². The van der Waals surface area contributed by atoms with Gasteiger partial charge >= 0.3 is 5.69 Å². The Bertz CT molecular complexity index is 985. The lowest BCUT2D eigenvalue weighted by Crippen LogP contribution is -2.37. The number of imidazole rings is 1. The van der Waals surface area contributed by atoms with Crippen LogP contribution in [0.25, 0.3) is 22.7 Å². The van der Waals surface area contributed by atoms with Crippen molar-refractivity contribution in [1.29, 1.82) is 0 Å². The molecular formula is C13H16N6O2. The van der Waals surface area contributed by atoms with Crippen molar-refractivity contribution in [2.24, 2.45) is 28.2 Å². The molecule has 0 atom stereocenters. The van der Waals surface area contributed by atoms with Gasteiger partial charge in [-0.2, -0.15) is 5.10 Å². The lowest BCUT2D eigenvalue weighted by atomic mass is 10.3. The molecule has 0 spiro atoms. The molecule has 0 radical (unpaired) electrons. The molecule has 3 heterocycles. The molecule has 0 aliphatic rings. The smallest absolute Gasteiger partial charge is 0.312 e. The highest BCUT2D eigenvalue weighted by molar-refractivity contribution is 5.76. The van der Waals surface area contributed by atoms with Crippen LogP contribution in [0.1, 0.15) is 5.69 Å². The predicted octanol–water partition coefficient (Wildman–Crippen LogP) is -0.320. The number of aryl methyl sites for hydroxylation is 4. The molecule has 110 valence electrons. The fourth-order valence-corrected chi connectivity index (χ4v) is 2.63. The quantitative estimate of drug-likeness (QED) is 0.614. The van der Waals surface area contributed by atoms with Crippen LogP contribution >= 0.6 is 0 Å². The molecule has 0 aliphatic heterocycles. The third-order valence-corrected chi connectivity index (χ3v) is 3.69. The first-order chi connectivity index (χ1) is 9.82. The maximum atomic E-state index is 12.2. The van der Waals surface area contributed by atoms with Crippen LogP contribution in [0.3, 0.4) is 0 Å². The minimum atomic E-state index is -0.395. The summed E-state index contributed by atoms with van der Waals surface area (Å²) in [5, 5.41) is 4.29. The van der Waals surface area contributed by atoms with Crippen molar-refractivity contribution in [1.82, 2.24) is 28.5 Å². The molecule has 8 heteroatoms. The molecule has 3 aromatic heterocycles. The minimum Gasteiger partial charge on any atom is -0.312 e. The van der Waals surface area contributed by atoms with E-state index in [9.17, 15) is 9.59 Å². The van der Waals surface area contributed by atoms with Crippen molar-refractivity contribution in [2.75, 3.05) is 0 Å². The van der Waals surface area contributed by atoms with E-state index >= 15 is 0 Å². The van der Waals surface area contributed by atoms with Crippen LogP contribution in [-0.4, -0.2) is 28.5 Å². The summed E-state index contributed by atoms with van der Waals surface area (Å²) in [6, 6.07) is 1.89. The molecular weight excluding hydrogens is 272 g/mol. The van der Waals surface area contributed by atoms with Crippen molar-refractivity contribution >= 4 is 11.2 Å². The Morgan fingerprint density at radius 3 is 2.24 bits per heavy atom. The highest BCUT2D eigenvalue weighted by Crippen LogP contribution is 2.21. The van der Waals surface area contributed by atoms with Gasteiger partial charge in [0.2, 0.25) is 0 Å². The second-order valence-electron chi connectivity index (χ2n) is 5.17. The molecule has 0 amide bonds. The van der Waals surface area contributed by atoms with Gasteiger partial charge in [-0.1, -0.05) is 0 Å². The summed E-state index contributed by atoms with van der Waals surface area (Å²) < 4.78 is 5.94. The summed E-state index contributed by atoms with van der Waals surface area (Å²) in [6.07, 6.45) is 0. The molecule has 0 saturated carbocycles. The van der Waals surface area contributed by atoms with Crippen molar-refractivity contribution in [3.05, 3.63) is 32.6 Å². The van der Waals surface area contributed by atoms with Gasteiger partial charge in [0.25, 0.3) is 5.56 Å². The average Bonchev–Trinajstić information content (AvgIpc) is 2.94. The highest BCUT2D eigenvalue weighted by Gasteiger charge is 2.19. The zero-order chi connectivity index (χ0) is 15.5. The van der Waals surface area contributed by atoms with E-state index in [4.69, 9.17) is 0 Å². The van der Waals surface area contributed by atoms with Crippen LogP contribution in [0, 0.1) is 6.92 Å². The zero-order valence-electron chi connectivity index (χ0n) is 12.6. The first kappa shape index (κ1) is 13.3. The Labute approximate surface area is 119 Å². The average molecular weight is 288 g/mol. The van der Waals surface area contributed by atoms with Gasteiger partial charge in [0, 0.05) is 28.2 Å². The second-order valence-corrected chi connectivity index (χ2v) is 5.17. The lowest BCUT2D eigenvalue weighted by Gasteiger charge is -2.06. The number of fused-ring (bicyclic) bond motifs is 1. The fraction of sp³-hybridized carbons (Fsp3) is 0.385. The van der Waals surface area contributed by atoms with E-state index in [1.165, 1.54) is 11.6 Å². The Balaban J connectivity index is 2.49. The SMILES string of the molecule is Cc1cc(-c2nc3c(=O)n(C)c(=O)n(C)c3n2C)n(C)n1. The Morgan fingerprint density at radius 2 is 1.67 bits per heavy atom. The topological polar surface area (TPSA) is 79.6 Å². The van der Waals surface area contributed by atoms with Gasteiger partial charge in [-0.25, -0.2) is 9.78 Å². The molecule has 0 fully saturated rings. The molecule has 3 aromatic rings. The second kappa shape index (κ2) is 4.18. The van der Waals surface area contributed by atoms with Crippen LogP contribution in [-0.2, 0) is 28.2 Å². The first-order valence-electron chi connectivity index (χ1n) is 6.46. The molecule has 0 N–H and O–H groups in total. The largest absolute Gasteiger partial charge is 0.332 e. The van der Waals surface area contributed by atoms with Gasteiger partial charge in [0.05, 0.1) is 5.69 Å². The lowest BCUT2D eigenvalue weighted by molar-refractivity contribution is 0.697. The van der Waals surface area contributed by atoms with E-state index in [2.05, 4.69) is 10.1 Å². The van der Waals surface area contributed by atoms with Gasteiger partial charge in [-0.05, 0) is 13.0 Å². The summed E-state index contributed by atoms with van der Waals surface area (Å²) in [7, 11) is 6.68. The number of hydrogen-bond donors (Lipinski definition) is 0. The molecule has 0 aliphatic carbocycles. The third-order valence-electron chi connectivity index (χ3n) is 3.69. The van der Waals surface area contributed by atoms with E-state index < -0.39 is 5.56 Å². The van der Waals surface area contributed by atoms with Gasteiger partial charge in [0.15, 0.2) is 11.3 Å². The molecule has 21 heavy (non-hydrogen) atoms. The van der Waals surface area contributed by atoms with Crippen molar-refractivity contribution < 1.29 is 0 Å². The summed E-state index contributed by atoms with van der Waals surface area (Å²) in [5.41, 5.74) is 1.66. The minimum absolute atomic E-state index is 0.274. The van der Waals surface area contributed by atoms with Gasteiger partial charge < -0.3 is 4.57 Å². The molecule has 0 unspecified atom stereocenters. The van der Waals surface area contributed by atoms with E-state index in [-0.39, 0.29) is 11.2 Å². The fourth-order valence-electron chi connectivity index (χ4n) is 2.63. The van der Waals surface area contributed by atoms with E-state index in [1.54, 1.807) is 23.3 Å². The molecule has 0 aromatic carbocycles. The summed E-state index contributed by atoms with van der Waals surface area (Å²) >= 11 is 0. The standard InChI is InChI=1S/C13H16N6O2/c1-7-6-8(19(5)15-7)10-14-9-11(16(10)2)17(3)13(21)18(4)12(9)20/h6H,1-5H3. The molecule has 0 bridgehead atoms. The van der Waals surface area contributed by atoms with Gasteiger partial charge in [0.1, 0.15) is 11.3 Å². The zero-order valence-corrected chi connectivity index (χ0v) is 12.6. The summed E-state index contributed by atoms with van der Waals surface area (Å²) in [6.45, 7) is 1.89. The molecule has 0 saturated heterocycles. The van der Waals surface area contributed by atoms with Crippen LogP contribution < -0.4 is 11.2 Å². The summed E-state index contributed by atoms with van der Waals surface area (Å²) in [5.74, 6) is 0.603. The van der Waals surface area contributed by atoms with Crippen molar-refractivity contribution in [3.63, 3.8) is 0 Å².